The molecule has 108 valence electrons. The van der Waals surface area contributed by atoms with Gasteiger partial charge in [-0.05, 0) is 51.1 Å². The highest BCUT2D eigenvalue weighted by Crippen LogP contribution is 2.20. The van der Waals surface area contributed by atoms with Gasteiger partial charge < -0.3 is 15.3 Å². The first-order valence-corrected chi connectivity index (χ1v) is 7.38. The van der Waals surface area contributed by atoms with Crippen molar-refractivity contribution in [3.63, 3.8) is 0 Å². The van der Waals surface area contributed by atoms with E-state index < -0.39 is 5.97 Å². The molecule has 0 aromatic rings. The summed E-state index contributed by atoms with van der Waals surface area (Å²) >= 11 is 0. The van der Waals surface area contributed by atoms with Crippen LogP contribution in [0.5, 0.6) is 0 Å². The van der Waals surface area contributed by atoms with Gasteiger partial charge in [0, 0.05) is 19.5 Å². The third kappa shape index (κ3) is 4.20. The summed E-state index contributed by atoms with van der Waals surface area (Å²) in [6.45, 7) is 3.36. The quantitative estimate of drug-likeness (QED) is 0.801. The zero-order chi connectivity index (χ0) is 13.7. The molecular weight excluding hydrogens is 244 g/mol. The Bertz CT molecular complexity index is 319. The van der Waals surface area contributed by atoms with E-state index >= 15 is 0 Å². The number of likely N-dealkylation sites (tertiary alicyclic amines) is 1. The highest BCUT2D eigenvalue weighted by molar-refractivity contribution is 5.77. The molecule has 2 heterocycles. The van der Waals surface area contributed by atoms with E-state index in [1.165, 1.54) is 12.8 Å². The van der Waals surface area contributed by atoms with Gasteiger partial charge in [0.05, 0.1) is 5.92 Å². The second kappa shape index (κ2) is 6.89. The van der Waals surface area contributed by atoms with Gasteiger partial charge in [0.1, 0.15) is 0 Å². The van der Waals surface area contributed by atoms with E-state index in [9.17, 15) is 9.59 Å². The van der Waals surface area contributed by atoms with E-state index in [0.29, 0.717) is 38.3 Å². The Labute approximate surface area is 114 Å². The Morgan fingerprint density at radius 1 is 1.21 bits per heavy atom. The Morgan fingerprint density at radius 3 is 2.53 bits per heavy atom. The molecule has 2 aliphatic heterocycles. The molecule has 0 bridgehead atoms. The second-order valence-electron chi connectivity index (χ2n) is 5.74. The number of carboxylic acids is 1. The summed E-state index contributed by atoms with van der Waals surface area (Å²) in [6.07, 6.45) is 5.22. The molecule has 0 radical (unpaired) electrons. The maximum absolute atomic E-state index is 12.1. The van der Waals surface area contributed by atoms with Crippen molar-refractivity contribution in [2.45, 2.75) is 38.5 Å². The molecule has 2 N–H and O–H groups in total. The Kier molecular flexibility index (Phi) is 5.19. The fourth-order valence-electron chi connectivity index (χ4n) is 3.03. The highest BCUT2D eigenvalue weighted by atomic mass is 16.4. The fourth-order valence-corrected chi connectivity index (χ4v) is 3.03. The first-order chi connectivity index (χ1) is 9.16. The van der Waals surface area contributed by atoms with Gasteiger partial charge in [0.2, 0.25) is 5.91 Å². The topological polar surface area (TPSA) is 69.6 Å². The summed E-state index contributed by atoms with van der Waals surface area (Å²) in [6, 6.07) is 0. The summed E-state index contributed by atoms with van der Waals surface area (Å²) in [7, 11) is 0. The van der Waals surface area contributed by atoms with Crippen LogP contribution in [0, 0.1) is 11.8 Å². The third-order valence-corrected chi connectivity index (χ3v) is 4.36. The molecule has 2 aliphatic rings. The SMILES string of the molecule is O=C(O)C1CCN(C(=O)CCC2CCCNC2)CC1. The monoisotopic (exact) mass is 268 g/mol. The van der Waals surface area contributed by atoms with E-state index in [2.05, 4.69) is 5.32 Å². The normalized spacial score (nSPS) is 25.3. The Morgan fingerprint density at radius 2 is 1.95 bits per heavy atom. The number of carbonyl (C=O) groups is 2. The van der Waals surface area contributed by atoms with E-state index in [1.54, 1.807) is 0 Å². The number of rotatable bonds is 4. The van der Waals surface area contributed by atoms with E-state index in [-0.39, 0.29) is 11.8 Å². The van der Waals surface area contributed by atoms with Gasteiger partial charge in [-0.15, -0.1) is 0 Å². The standard InChI is InChI=1S/C14H24N2O3/c17-13(4-3-11-2-1-7-15-10-11)16-8-5-12(6-9-16)14(18)19/h11-12,15H,1-10H2,(H,18,19). The number of piperidine rings is 2. The lowest BCUT2D eigenvalue weighted by Crippen LogP contribution is -2.40. The Balaban J connectivity index is 1.67. The largest absolute Gasteiger partial charge is 0.481 e. The smallest absolute Gasteiger partial charge is 0.306 e. The average molecular weight is 268 g/mol. The van der Waals surface area contributed by atoms with Crippen molar-refractivity contribution in [1.29, 1.82) is 0 Å². The maximum atomic E-state index is 12.1. The maximum Gasteiger partial charge on any atom is 0.306 e. The molecular formula is C14H24N2O3. The van der Waals surface area contributed by atoms with E-state index in [4.69, 9.17) is 5.11 Å². The Hall–Kier alpha value is -1.10. The zero-order valence-corrected chi connectivity index (χ0v) is 11.4. The number of carboxylic acid groups (broad SMARTS) is 1. The van der Waals surface area contributed by atoms with Crippen LogP contribution < -0.4 is 5.32 Å². The van der Waals surface area contributed by atoms with Crippen molar-refractivity contribution in [2.75, 3.05) is 26.2 Å². The van der Waals surface area contributed by atoms with Crippen molar-refractivity contribution >= 4 is 11.9 Å². The first-order valence-electron chi connectivity index (χ1n) is 7.38. The highest BCUT2D eigenvalue weighted by Gasteiger charge is 2.27. The lowest BCUT2D eigenvalue weighted by Gasteiger charge is -2.31. The minimum Gasteiger partial charge on any atom is -0.481 e. The van der Waals surface area contributed by atoms with Crippen LogP contribution in [0.25, 0.3) is 0 Å². The van der Waals surface area contributed by atoms with Crippen LogP contribution in [0.4, 0.5) is 0 Å². The summed E-state index contributed by atoms with van der Waals surface area (Å²) in [5.74, 6) is -0.143. The molecule has 1 unspecified atom stereocenters. The number of carbonyl (C=O) groups excluding carboxylic acids is 1. The molecule has 0 aliphatic carbocycles. The number of hydrogen-bond acceptors (Lipinski definition) is 3. The van der Waals surface area contributed by atoms with Crippen LogP contribution in [0.1, 0.15) is 38.5 Å². The first kappa shape index (κ1) is 14.3. The van der Waals surface area contributed by atoms with Crippen molar-refractivity contribution in [3.05, 3.63) is 0 Å². The second-order valence-corrected chi connectivity index (χ2v) is 5.74. The van der Waals surface area contributed by atoms with Crippen LogP contribution in [0.2, 0.25) is 0 Å². The lowest BCUT2D eigenvalue weighted by molar-refractivity contribution is -0.145. The molecule has 1 atom stereocenters. The molecule has 0 saturated carbocycles. The van der Waals surface area contributed by atoms with Gasteiger partial charge in [-0.2, -0.15) is 0 Å². The predicted molar refractivity (Wildman–Crippen MR) is 71.8 cm³/mol. The van der Waals surface area contributed by atoms with Crippen molar-refractivity contribution in [2.24, 2.45) is 11.8 Å². The minimum absolute atomic E-state index is 0.203. The van der Waals surface area contributed by atoms with Crippen LogP contribution in [-0.4, -0.2) is 48.1 Å². The molecule has 5 heteroatoms. The van der Waals surface area contributed by atoms with E-state index in [1.807, 2.05) is 4.90 Å². The fraction of sp³-hybridized carbons (Fsp3) is 0.857. The number of hydrogen-bond donors (Lipinski definition) is 2. The van der Waals surface area contributed by atoms with Crippen LogP contribution in [0.3, 0.4) is 0 Å². The van der Waals surface area contributed by atoms with E-state index in [0.717, 1.165) is 19.5 Å². The summed E-state index contributed by atoms with van der Waals surface area (Å²) in [5.41, 5.74) is 0. The molecule has 2 rings (SSSR count). The molecule has 0 aromatic heterocycles. The molecule has 2 fully saturated rings. The number of nitrogens with zero attached hydrogens (tertiary/aromatic N) is 1. The zero-order valence-electron chi connectivity index (χ0n) is 11.4. The number of amides is 1. The average Bonchev–Trinajstić information content (AvgIpc) is 2.46. The third-order valence-electron chi connectivity index (χ3n) is 4.36. The summed E-state index contributed by atoms with van der Waals surface area (Å²) in [5, 5.41) is 12.3. The summed E-state index contributed by atoms with van der Waals surface area (Å²) < 4.78 is 0. The molecule has 1 amide bonds. The lowest BCUT2D eigenvalue weighted by atomic mass is 9.93. The minimum atomic E-state index is -0.722. The van der Waals surface area contributed by atoms with Crippen LogP contribution in [-0.2, 0) is 9.59 Å². The predicted octanol–water partition coefficient (Wildman–Crippen LogP) is 1.09. The van der Waals surface area contributed by atoms with Crippen molar-refractivity contribution in [1.82, 2.24) is 10.2 Å². The molecule has 5 nitrogen and oxygen atoms in total. The molecule has 2 saturated heterocycles. The molecule has 0 spiro atoms. The van der Waals surface area contributed by atoms with Gasteiger partial charge in [0.15, 0.2) is 0 Å². The van der Waals surface area contributed by atoms with Gasteiger partial charge in [-0.3, -0.25) is 9.59 Å². The van der Waals surface area contributed by atoms with Crippen molar-refractivity contribution in [3.8, 4) is 0 Å². The van der Waals surface area contributed by atoms with Gasteiger partial charge >= 0.3 is 5.97 Å². The van der Waals surface area contributed by atoms with Crippen LogP contribution in [0.15, 0.2) is 0 Å². The molecule has 19 heavy (non-hydrogen) atoms. The van der Waals surface area contributed by atoms with Gasteiger partial charge in [-0.25, -0.2) is 0 Å². The summed E-state index contributed by atoms with van der Waals surface area (Å²) in [4.78, 5) is 24.8. The van der Waals surface area contributed by atoms with Gasteiger partial charge in [0.25, 0.3) is 0 Å². The number of aliphatic carboxylic acids is 1. The van der Waals surface area contributed by atoms with Gasteiger partial charge in [-0.1, -0.05) is 0 Å². The van der Waals surface area contributed by atoms with Crippen molar-refractivity contribution < 1.29 is 14.7 Å². The molecule has 0 aromatic carbocycles. The number of nitrogens with one attached hydrogen (secondary N) is 1. The van der Waals surface area contributed by atoms with Crippen LogP contribution >= 0.6 is 0 Å².